The summed E-state index contributed by atoms with van der Waals surface area (Å²) in [5.74, 6) is -1.61. The Morgan fingerprint density at radius 1 is 1.10 bits per heavy atom. The normalized spacial score (nSPS) is 14.5. The maximum atomic E-state index is 14.2. The number of pyridine rings is 1. The van der Waals surface area contributed by atoms with Crippen LogP contribution in [0.4, 0.5) is 29.7 Å². The topological polar surface area (TPSA) is 97.8 Å². The van der Waals surface area contributed by atoms with Gasteiger partial charge in [-0.15, -0.1) is 0 Å². The van der Waals surface area contributed by atoms with Crippen molar-refractivity contribution < 1.29 is 23.5 Å². The van der Waals surface area contributed by atoms with E-state index < -0.39 is 23.8 Å². The third kappa shape index (κ3) is 5.38. The molecule has 0 spiro atoms. The first-order chi connectivity index (χ1) is 13.8. The minimum Gasteiger partial charge on any atom is -0.465 e. The summed E-state index contributed by atoms with van der Waals surface area (Å²) in [4.78, 5) is 30.3. The van der Waals surface area contributed by atoms with Crippen LogP contribution in [-0.2, 0) is 6.54 Å². The molecule has 2 heterocycles. The Hall–Kier alpha value is -3.27. The van der Waals surface area contributed by atoms with Crippen molar-refractivity contribution in [1.82, 2.24) is 14.8 Å². The molecule has 154 valence electrons. The van der Waals surface area contributed by atoms with Crippen LogP contribution in [0, 0.1) is 18.6 Å². The van der Waals surface area contributed by atoms with Gasteiger partial charge in [-0.25, -0.2) is 18.4 Å². The predicted octanol–water partition coefficient (Wildman–Crippen LogP) is 3.11. The third-order valence-electron chi connectivity index (χ3n) is 4.59. The van der Waals surface area contributed by atoms with E-state index in [1.165, 1.54) is 17.2 Å². The number of hydrogen-bond acceptors (Lipinski definition) is 4. The minimum absolute atomic E-state index is 0.150. The number of aryl methyl sites for hydroxylation is 1. The van der Waals surface area contributed by atoms with Crippen molar-refractivity contribution in [3.63, 3.8) is 0 Å². The molecule has 0 unspecified atom stereocenters. The van der Waals surface area contributed by atoms with Crippen molar-refractivity contribution in [3.05, 3.63) is 53.4 Å². The number of urea groups is 1. The average Bonchev–Trinajstić information content (AvgIpc) is 2.68. The lowest BCUT2D eigenvalue weighted by atomic mass is 10.1. The molecule has 0 aliphatic carbocycles. The van der Waals surface area contributed by atoms with Crippen LogP contribution < -0.4 is 10.6 Å². The summed E-state index contributed by atoms with van der Waals surface area (Å²) in [6.07, 6.45) is 0.483. The zero-order chi connectivity index (χ0) is 21.0. The average molecular weight is 405 g/mol. The van der Waals surface area contributed by atoms with E-state index in [9.17, 15) is 18.4 Å². The zero-order valence-electron chi connectivity index (χ0n) is 15.8. The van der Waals surface area contributed by atoms with Gasteiger partial charge >= 0.3 is 12.1 Å². The highest BCUT2D eigenvalue weighted by Crippen LogP contribution is 2.22. The first-order valence-electron chi connectivity index (χ1n) is 9.00. The van der Waals surface area contributed by atoms with E-state index in [2.05, 4.69) is 15.6 Å². The number of amides is 3. The number of piperazine rings is 1. The van der Waals surface area contributed by atoms with Gasteiger partial charge in [-0.2, -0.15) is 0 Å². The first kappa shape index (κ1) is 20.5. The molecule has 1 aromatic heterocycles. The molecule has 0 radical (unpaired) electrons. The van der Waals surface area contributed by atoms with Gasteiger partial charge in [0, 0.05) is 50.0 Å². The van der Waals surface area contributed by atoms with Gasteiger partial charge in [0.1, 0.15) is 11.6 Å². The second kappa shape index (κ2) is 8.82. The van der Waals surface area contributed by atoms with Crippen molar-refractivity contribution in [2.45, 2.75) is 13.5 Å². The molecular formula is C19H21F2N5O3. The summed E-state index contributed by atoms with van der Waals surface area (Å²) >= 11 is 0. The van der Waals surface area contributed by atoms with Crippen LogP contribution in [0.1, 0.15) is 11.3 Å². The summed E-state index contributed by atoms with van der Waals surface area (Å²) < 4.78 is 28.3. The number of carbonyl (C=O) groups is 2. The maximum absolute atomic E-state index is 14.2. The van der Waals surface area contributed by atoms with Crippen molar-refractivity contribution in [3.8, 4) is 0 Å². The Labute approximate surface area is 166 Å². The Morgan fingerprint density at radius 3 is 2.45 bits per heavy atom. The number of nitrogens with one attached hydrogen (secondary N) is 2. The van der Waals surface area contributed by atoms with Gasteiger partial charge in [-0.3, -0.25) is 9.88 Å². The fourth-order valence-corrected chi connectivity index (χ4v) is 2.98. The van der Waals surface area contributed by atoms with Crippen molar-refractivity contribution in [2.75, 3.05) is 36.8 Å². The zero-order valence-corrected chi connectivity index (χ0v) is 15.8. The summed E-state index contributed by atoms with van der Waals surface area (Å²) in [7, 11) is 0. The van der Waals surface area contributed by atoms with Gasteiger partial charge in [0.05, 0.1) is 17.6 Å². The van der Waals surface area contributed by atoms with Gasteiger partial charge in [-0.05, 0) is 25.1 Å². The minimum atomic E-state index is -0.987. The van der Waals surface area contributed by atoms with Crippen molar-refractivity contribution >= 4 is 23.5 Å². The lowest BCUT2D eigenvalue weighted by molar-refractivity contribution is 0.102. The Kier molecular flexibility index (Phi) is 6.23. The standard InChI is InChI=1S/C19H21F2N5O3/c1-12-2-3-14(10-22-12)23-18(27)24-17-8-13(15(20)9-16(17)21)11-25-4-6-26(7-5-25)19(28)29/h2-3,8-10H,4-7,11H2,1H3,(H,28,29)(H2,23,24,27). The van der Waals surface area contributed by atoms with Gasteiger partial charge in [-0.1, -0.05) is 0 Å². The summed E-state index contributed by atoms with van der Waals surface area (Å²) in [6.45, 7) is 3.49. The lowest BCUT2D eigenvalue weighted by Crippen LogP contribution is -2.47. The summed E-state index contributed by atoms with van der Waals surface area (Å²) in [5, 5.41) is 13.9. The van der Waals surface area contributed by atoms with Gasteiger partial charge in [0.15, 0.2) is 0 Å². The molecule has 1 aliphatic heterocycles. The fourth-order valence-electron chi connectivity index (χ4n) is 2.98. The van der Waals surface area contributed by atoms with E-state index >= 15 is 0 Å². The van der Waals surface area contributed by atoms with Crippen LogP contribution in [0.25, 0.3) is 0 Å². The molecule has 1 saturated heterocycles. The Bertz CT molecular complexity index is 899. The quantitative estimate of drug-likeness (QED) is 0.726. The summed E-state index contributed by atoms with van der Waals surface area (Å²) in [5.41, 5.74) is 1.28. The predicted molar refractivity (Wildman–Crippen MR) is 103 cm³/mol. The van der Waals surface area contributed by atoms with Crippen LogP contribution in [0.5, 0.6) is 0 Å². The van der Waals surface area contributed by atoms with Crippen molar-refractivity contribution in [1.29, 1.82) is 0 Å². The second-order valence-corrected chi connectivity index (χ2v) is 6.74. The van der Waals surface area contributed by atoms with Gasteiger partial charge < -0.3 is 20.6 Å². The van der Waals surface area contributed by atoms with E-state index in [1.807, 2.05) is 4.90 Å². The largest absolute Gasteiger partial charge is 0.465 e. The monoisotopic (exact) mass is 405 g/mol. The molecule has 1 fully saturated rings. The Balaban J connectivity index is 1.65. The molecule has 1 aliphatic rings. The highest BCUT2D eigenvalue weighted by Gasteiger charge is 2.22. The van der Waals surface area contributed by atoms with E-state index in [-0.39, 0.29) is 17.8 Å². The summed E-state index contributed by atoms with van der Waals surface area (Å²) in [6, 6.07) is 4.68. The smallest absolute Gasteiger partial charge is 0.407 e. The molecule has 0 saturated carbocycles. The molecule has 0 atom stereocenters. The van der Waals surface area contributed by atoms with Crippen LogP contribution in [0.3, 0.4) is 0 Å². The molecule has 0 bridgehead atoms. The number of nitrogens with zero attached hydrogens (tertiary/aromatic N) is 3. The molecule has 3 amide bonds. The fraction of sp³-hybridized carbons (Fsp3) is 0.316. The second-order valence-electron chi connectivity index (χ2n) is 6.74. The van der Waals surface area contributed by atoms with E-state index in [4.69, 9.17) is 5.11 Å². The lowest BCUT2D eigenvalue weighted by Gasteiger charge is -2.33. The number of aromatic nitrogens is 1. The molecule has 8 nitrogen and oxygen atoms in total. The number of carboxylic acid groups (broad SMARTS) is 1. The van der Waals surface area contributed by atoms with E-state index in [0.717, 1.165) is 11.8 Å². The van der Waals surface area contributed by atoms with Crippen LogP contribution in [0.2, 0.25) is 0 Å². The number of halogens is 2. The third-order valence-corrected chi connectivity index (χ3v) is 4.59. The molecule has 3 N–H and O–H groups in total. The number of benzene rings is 1. The first-order valence-corrected chi connectivity index (χ1v) is 9.00. The Morgan fingerprint density at radius 2 is 1.83 bits per heavy atom. The molecule has 2 aromatic rings. The van der Waals surface area contributed by atoms with Crippen molar-refractivity contribution in [2.24, 2.45) is 0 Å². The van der Waals surface area contributed by atoms with Crippen LogP contribution in [-0.4, -0.2) is 58.2 Å². The molecule has 1 aromatic carbocycles. The molecule has 29 heavy (non-hydrogen) atoms. The van der Waals surface area contributed by atoms with E-state index in [0.29, 0.717) is 31.9 Å². The molecule has 3 rings (SSSR count). The highest BCUT2D eigenvalue weighted by molar-refractivity contribution is 5.99. The number of carbonyl (C=O) groups excluding carboxylic acids is 1. The van der Waals surface area contributed by atoms with Crippen LogP contribution >= 0.6 is 0 Å². The number of rotatable bonds is 4. The van der Waals surface area contributed by atoms with Crippen LogP contribution in [0.15, 0.2) is 30.5 Å². The number of hydrogen-bond donors (Lipinski definition) is 3. The number of anilines is 2. The highest BCUT2D eigenvalue weighted by atomic mass is 19.1. The van der Waals surface area contributed by atoms with Gasteiger partial charge in [0.25, 0.3) is 0 Å². The maximum Gasteiger partial charge on any atom is 0.407 e. The SMILES string of the molecule is Cc1ccc(NC(=O)Nc2cc(CN3CCN(C(=O)O)CC3)c(F)cc2F)cn1. The van der Waals surface area contributed by atoms with E-state index in [1.54, 1.807) is 19.1 Å². The van der Waals surface area contributed by atoms with Gasteiger partial charge in [0.2, 0.25) is 0 Å². The molecule has 10 heteroatoms. The molecular weight excluding hydrogens is 384 g/mol.